The molecule has 106 valence electrons. The van der Waals surface area contributed by atoms with E-state index in [-0.39, 0.29) is 11.8 Å². The van der Waals surface area contributed by atoms with Gasteiger partial charge in [0.05, 0.1) is 12.4 Å². The van der Waals surface area contributed by atoms with Gasteiger partial charge in [-0.2, -0.15) is 0 Å². The van der Waals surface area contributed by atoms with Crippen LogP contribution in [0.15, 0.2) is 12.1 Å². The summed E-state index contributed by atoms with van der Waals surface area (Å²) in [5, 5.41) is 3.71. The van der Waals surface area contributed by atoms with Crippen LogP contribution in [0.25, 0.3) is 0 Å². The Morgan fingerprint density at radius 3 is 2.84 bits per heavy atom. The summed E-state index contributed by atoms with van der Waals surface area (Å²) in [6.07, 6.45) is 2.70. The summed E-state index contributed by atoms with van der Waals surface area (Å²) in [4.78, 5) is 0. The molecule has 0 bridgehead atoms. The summed E-state index contributed by atoms with van der Waals surface area (Å²) in [6, 6.07) is 3.64. The first-order valence-electron chi connectivity index (χ1n) is 6.18. The maximum absolute atomic E-state index is 11.4. The number of likely N-dealkylation sites (N-methyl/N-ethyl adjacent to an activating group) is 1. The van der Waals surface area contributed by atoms with Crippen molar-refractivity contribution in [2.45, 2.75) is 18.9 Å². The van der Waals surface area contributed by atoms with Gasteiger partial charge in [-0.3, -0.25) is 0 Å². The minimum absolute atomic E-state index is 0.102. The van der Waals surface area contributed by atoms with Crippen molar-refractivity contribution in [2.75, 3.05) is 25.7 Å². The number of rotatable bonds is 5. The average molecular weight is 304 g/mol. The van der Waals surface area contributed by atoms with Crippen LogP contribution in [-0.4, -0.2) is 40.1 Å². The zero-order chi connectivity index (χ0) is 14.0. The van der Waals surface area contributed by atoms with Gasteiger partial charge in [0.1, 0.15) is 15.6 Å². The Morgan fingerprint density at radius 2 is 2.21 bits per heavy atom. The van der Waals surface area contributed by atoms with Gasteiger partial charge in [0.25, 0.3) is 0 Å². The topological polar surface area (TPSA) is 55.4 Å². The molecular weight excluding hydrogens is 286 g/mol. The van der Waals surface area contributed by atoms with Gasteiger partial charge in [-0.15, -0.1) is 0 Å². The van der Waals surface area contributed by atoms with Crippen LogP contribution in [0, 0.1) is 0 Å². The van der Waals surface area contributed by atoms with Gasteiger partial charge >= 0.3 is 0 Å². The molecule has 0 amide bonds. The number of nitrogens with one attached hydrogen (secondary N) is 1. The fraction of sp³-hybridized carbons (Fsp3) is 0.538. The molecule has 6 heteroatoms. The number of fused-ring (bicyclic) bond motifs is 1. The molecule has 19 heavy (non-hydrogen) atoms. The summed E-state index contributed by atoms with van der Waals surface area (Å²) < 4.78 is 28.4. The quantitative estimate of drug-likeness (QED) is 0.894. The van der Waals surface area contributed by atoms with E-state index in [0.29, 0.717) is 18.1 Å². The Kier molecular flexibility index (Phi) is 4.38. The molecule has 0 saturated heterocycles. The second-order valence-corrected chi connectivity index (χ2v) is 7.56. The van der Waals surface area contributed by atoms with Crippen molar-refractivity contribution in [3.8, 4) is 5.75 Å². The van der Waals surface area contributed by atoms with E-state index in [1.165, 1.54) is 6.26 Å². The zero-order valence-electron chi connectivity index (χ0n) is 11.1. The summed E-state index contributed by atoms with van der Waals surface area (Å²) in [6.45, 7) is 0.666. The van der Waals surface area contributed by atoms with Crippen molar-refractivity contribution >= 4 is 21.4 Å². The number of halogens is 1. The molecule has 2 rings (SSSR count). The minimum Gasteiger partial charge on any atom is -0.493 e. The van der Waals surface area contributed by atoms with Crippen LogP contribution in [0.1, 0.15) is 11.1 Å². The third-order valence-electron chi connectivity index (χ3n) is 3.20. The van der Waals surface area contributed by atoms with Gasteiger partial charge in [0.2, 0.25) is 0 Å². The van der Waals surface area contributed by atoms with Crippen LogP contribution in [0.4, 0.5) is 0 Å². The normalized spacial score (nSPS) is 15.9. The second-order valence-electron chi connectivity index (χ2n) is 4.93. The summed E-state index contributed by atoms with van der Waals surface area (Å²) in [7, 11) is -1.25. The molecule has 0 radical (unpaired) electrons. The molecule has 0 saturated carbocycles. The molecule has 0 aliphatic carbocycles. The molecule has 1 aliphatic rings. The molecule has 0 fully saturated rings. The first-order chi connectivity index (χ1) is 8.89. The number of ether oxygens (including phenoxy) is 1. The SMILES string of the molecule is CNC(Cc1cc(Cl)cc2c1OCC2)CS(C)(=O)=O. The van der Waals surface area contributed by atoms with Crippen molar-refractivity contribution in [3.05, 3.63) is 28.3 Å². The highest BCUT2D eigenvalue weighted by Crippen LogP contribution is 2.33. The molecule has 1 aromatic rings. The Morgan fingerprint density at radius 1 is 1.47 bits per heavy atom. The Labute approximate surface area is 119 Å². The molecule has 1 atom stereocenters. The molecule has 1 heterocycles. The van der Waals surface area contributed by atoms with Crippen LogP contribution in [-0.2, 0) is 22.7 Å². The Hall–Kier alpha value is -0.780. The minimum atomic E-state index is -3.02. The van der Waals surface area contributed by atoms with Gasteiger partial charge in [0.15, 0.2) is 0 Å². The lowest BCUT2D eigenvalue weighted by Gasteiger charge is -2.17. The van der Waals surface area contributed by atoms with E-state index in [2.05, 4.69) is 5.32 Å². The number of benzene rings is 1. The van der Waals surface area contributed by atoms with Crippen molar-refractivity contribution in [2.24, 2.45) is 0 Å². The maximum Gasteiger partial charge on any atom is 0.148 e. The first-order valence-corrected chi connectivity index (χ1v) is 8.62. The average Bonchev–Trinajstić information content (AvgIpc) is 2.74. The van der Waals surface area contributed by atoms with Crippen molar-refractivity contribution in [1.29, 1.82) is 0 Å². The Balaban J connectivity index is 2.23. The van der Waals surface area contributed by atoms with Crippen LogP contribution in [0.5, 0.6) is 5.75 Å². The van der Waals surface area contributed by atoms with Crippen molar-refractivity contribution < 1.29 is 13.2 Å². The number of sulfone groups is 1. The van der Waals surface area contributed by atoms with Crippen LogP contribution < -0.4 is 10.1 Å². The van der Waals surface area contributed by atoms with Gasteiger partial charge in [-0.25, -0.2) is 8.42 Å². The monoisotopic (exact) mass is 303 g/mol. The molecule has 4 nitrogen and oxygen atoms in total. The predicted octanol–water partition coefficient (Wildman–Crippen LogP) is 1.45. The molecule has 1 aliphatic heterocycles. The second kappa shape index (κ2) is 5.69. The first kappa shape index (κ1) is 14.6. The Bertz CT molecular complexity index is 571. The molecule has 1 N–H and O–H groups in total. The summed E-state index contributed by atoms with van der Waals surface area (Å²) >= 11 is 6.09. The maximum atomic E-state index is 11.4. The highest BCUT2D eigenvalue weighted by atomic mass is 35.5. The highest BCUT2D eigenvalue weighted by Gasteiger charge is 2.21. The summed E-state index contributed by atoms with van der Waals surface area (Å²) in [5.74, 6) is 0.975. The van der Waals surface area contributed by atoms with Gasteiger partial charge < -0.3 is 10.1 Å². The lowest BCUT2D eigenvalue weighted by atomic mass is 10.0. The molecule has 0 aromatic heterocycles. The molecule has 1 aromatic carbocycles. The van der Waals surface area contributed by atoms with E-state index in [0.717, 1.165) is 23.3 Å². The van der Waals surface area contributed by atoms with E-state index in [1.807, 2.05) is 12.1 Å². The van der Waals surface area contributed by atoms with Crippen LogP contribution in [0.3, 0.4) is 0 Å². The predicted molar refractivity (Wildman–Crippen MR) is 76.9 cm³/mol. The van der Waals surface area contributed by atoms with E-state index in [9.17, 15) is 8.42 Å². The fourth-order valence-corrected chi connectivity index (χ4v) is 3.65. The number of hydrogen-bond donors (Lipinski definition) is 1. The van der Waals surface area contributed by atoms with Crippen LogP contribution >= 0.6 is 11.6 Å². The standard InChI is InChI=1S/C13H18ClNO3S/c1-15-12(8-19(2,16)17)7-10-6-11(14)5-9-3-4-18-13(9)10/h5-6,12,15H,3-4,7-8H2,1-2H3. The molecule has 1 unspecified atom stereocenters. The van der Waals surface area contributed by atoms with Crippen LogP contribution in [0.2, 0.25) is 5.02 Å². The molecule has 0 spiro atoms. The van der Waals surface area contributed by atoms with Gasteiger partial charge in [-0.1, -0.05) is 11.6 Å². The van der Waals surface area contributed by atoms with Gasteiger partial charge in [0, 0.05) is 23.7 Å². The molecular formula is C13H18ClNO3S. The third kappa shape index (κ3) is 3.84. The highest BCUT2D eigenvalue weighted by molar-refractivity contribution is 7.90. The van der Waals surface area contributed by atoms with E-state index < -0.39 is 9.84 Å². The summed E-state index contributed by atoms with van der Waals surface area (Å²) in [5.41, 5.74) is 2.08. The fourth-order valence-electron chi connectivity index (χ4n) is 2.37. The third-order valence-corrected chi connectivity index (χ3v) is 4.43. The van der Waals surface area contributed by atoms with E-state index in [4.69, 9.17) is 16.3 Å². The van der Waals surface area contributed by atoms with Gasteiger partial charge in [-0.05, 0) is 36.7 Å². The van der Waals surface area contributed by atoms with E-state index in [1.54, 1.807) is 7.05 Å². The number of hydrogen-bond acceptors (Lipinski definition) is 4. The smallest absolute Gasteiger partial charge is 0.148 e. The van der Waals surface area contributed by atoms with Crippen molar-refractivity contribution in [1.82, 2.24) is 5.32 Å². The lowest BCUT2D eigenvalue weighted by molar-refractivity contribution is 0.352. The van der Waals surface area contributed by atoms with Crippen molar-refractivity contribution in [3.63, 3.8) is 0 Å². The van der Waals surface area contributed by atoms with E-state index >= 15 is 0 Å². The largest absolute Gasteiger partial charge is 0.493 e. The zero-order valence-corrected chi connectivity index (χ0v) is 12.6. The lowest BCUT2D eigenvalue weighted by Crippen LogP contribution is -2.34.